The normalized spacial score (nSPS) is 19.8. The number of carbonyl (C=O) groups is 3. The highest BCUT2D eigenvalue weighted by atomic mass is 19.1. The van der Waals surface area contributed by atoms with Gasteiger partial charge in [-0.1, -0.05) is 37.1 Å². The molecule has 0 spiro atoms. The van der Waals surface area contributed by atoms with E-state index in [0.29, 0.717) is 11.8 Å². The van der Waals surface area contributed by atoms with Crippen LogP contribution in [0.2, 0.25) is 0 Å². The van der Waals surface area contributed by atoms with Crippen molar-refractivity contribution >= 4 is 23.5 Å². The Hall–Kier alpha value is -2.74. The van der Waals surface area contributed by atoms with Crippen molar-refractivity contribution in [1.82, 2.24) is 5.32 Å². The molecule has 1 unspecified atom stereocenters. The predicted octanol–water partition coefficient (Wildman–Crippen LogP) is 3.36. The van der Waals surface area contributed by atoms with Crippen LogP contribution in [-0.4, -0.2) is 47.2 Å². The van der Waals surface area contributed by atoms with E-state index in [0.717, 1.165) is 58.2 Å². The maximum atomic E-state index is 12.7. The lowest BCUT2D eigenvalue weighted by atomic mass is 9.97. The van der Waals surface area contributed by atoms with Gasteiger partial charge >= 0.3 is 5.97 Å². The van der Waals surface area contributed by atoms with Crippen LogP contribution in [0.25, 0.3) is 0 Å². The Morgan fingerprint density at radius 2 is 1.76 bits per heavy atom. The van der Waals surface area contributed by atoms with E-state index in [4.69, 9.17) is 10.8 Å². The Morgan fingerprint density at radius 1 is 1.15 bits per heavy atom. The lowest BCUT2D eigenvalue weighted by molar-refractivity contribution is -0.148. The van der Waals surface area contributed by atoms with Crippen LogP contribution in [0.5, 0.6) is 0 Å². The third-order valence-corrected chi connectivity index (χ3v) is 6.76. The Labute approximate surface area is 200 Å². The topological polar surface area (TPSA) is 113 Å². The van der Waals surface area contributed by atoms with E-state index in [1.165, 1.54) is 18.4 Å². The van der Waals surface area contributed by atoms with Crippen molar-refractivity contribution in [3.05, 3.63) is 42.0 Å². The number of carboxylic acids is 1. The minimum Gasteiger partial charge on any atom is -0.479 e. The largest absolute Gasteiger partial charge is 0.479 e. The molecule has 0 bridgehead atoms. The molecule has 4 N–H and O–H groups in total. The van der Waals surface area contributed by atoms with E-state index in [-0.39, 0.29) is 17.9 Å². The fourth-order valence-corrected chi connectivity index (χ4v) is 4.41. The van der Waals surface area contributed by atoms with E-state index in [1.807, 2.05) is 29.2 Å². The molecule has 0 radical (unpaired) electrons. The Morgan fingerprint density at radius 3 is 2.35 bits per heavy atom. The number of nitrogens with two attached hydrogens (primary N) is 1. The van der Waals surface area contributed by atoms with Gasteiger partial charge in [0.2, 0.25) is 11.6 Å². The summed E-state index contributed by atoms with van der Waals surface area (Å²) in [5, 5.41) is 11.0. The summed E-state index contributed by atoms with van der Waals surface area (Å²) in [5.74, 6) is -0.772. The number of alkyl halides is 1. The van der Waals surface area contributed by atoms with Crippen LogP contribution >= 0.6 is 0 Å². The molecule has 7 nitrogen and oxygen atoms in total. The van der Waals surface area contributed by atoms with Gasteiger partial charge in [-0.15, -0.1) is 0 Å². The molecule has 1 heterocycles. The number of aliphatic carboxylic acids is 1. The predicted molar refractivity (Wildman–Crippen MR) is 129 cm³/mol. The van der Waals surface area contributed by atoms with Crippen molar-refractivity contribution in [2.75, 3.05) is 11.4 Å². The summed E-state index contributed by atoms with van der Waals surface area (Å²) in [7, 11) is 0. The summed E-state index contributed by atoms with van der Waals surface area (Å²) < 4.78 is 11.9. The smallest absolute Gasteiger partial charge is 0.340 e. The molecular formula is C26H36FN3O4. The molecule has 1 aliphatic heterocycles. The second kappa shape index (κ2) is 11.1. The number of rotatable bonds is 7. The number of benzene rings is 1. The molecule has 4 rings (SSSR count). The zero-order valence-electron chi connectivity index (χ0n) is 20.0. The number of amides is 2. The van der Waals surface area contributed by atoms with Crippen LogP contribution < -0.4 is 16.0 Å². The molecule has 34 heavy (non-hydrogen) atoms. The van der Waals surface area contributed by atoms with Gasteiger partial charge < -0.3 is 21.1 Å². The van der Waals surface area contributed by atoms with Gasteiger partial charge in [-0.05, 0) is 69.4 Å². The highest BCUT2D eigenvalue weighted by Crippen LogP contribution is 2.34. The first-order chi connectivity index (χ1) is 16.1. The molecule has 0 aromatic heterocycles. The average Bonchev–Trinajstić information content (AvgIpc) is 3.32. The second-order valence-electron chi connectivity index (χ2n) is 9.95. The van der Waals surface area contributed by atoms with Gasteiger partial charge in [0.15, 0.2) is 0 Å². The number of para-hydroxylation sites is 1. The molecule has 3 aliphatic rings. The number of anilines is 1. The summed E-state index contributed by atoms with van der Waals surface area (Å²) in [4.78, 5) is 36.7. The van der Waals surface area contributed by atoms with Gasteiger partial charge in [0.25, 0.3) is 5.91 Å². The summed E-state index contributed by atoms with van der Waals surface area (Å²) in [5.41, 5.74) is 6.32. The fraction of sp³-hybridized carbons (Fsp3) is 0.577. The molecule has 2 saturated carbocycles. The third kappa shape index (κ3) is 6.88. The van der Waals surface area contributed by atoms with Gasteiger partial charge in [-0.25, -0.2) is 9.18 Å². The van der Waals surface area contributed by atoms with Crippen LogP contribution in [-0.2, 0) is 20.8 Å². The van der Waals surface area contributed by atoms with Crippen molar-refractivity contribution < 1.29 is 23.9 Å². The van der Waals surface area contributed by atoms with Crippen molar-refractivity contribution in [2.45, 2.75) is 76.5 Å². The highest BCUT2D eigenvalue weighted by molar-refractivity contribution is 6.03. The number of nitrogens with one attached hydrogen (secondary N) is 1. The molecule has 1 aromatic carbocycles. The zero-order chi connectivity index (χ0) is 24.9. The minimum atomic E-state index is -2.08. The van der Waals surface area contributed by atoms with E-state index in [1.54, 1.807) is 6.08 Å². The summed E-state index contributed by atoms with van der Waals surface area (Å²) in [6.07, 6.45) is 11.0. The van der Waals surface area contributed by atoms with Gasteiger partial charge in [-0.3, -0.25) is 9.59 Å². The summed E-state index contributed by atoms with van der Waals surface area (Å²) >= 11 is 0. The molecular weight excluding hydrogens is 437 g/mol. The van der Waals surface area contributed by atoms with Crippen LogP contribution in [0, 0.1) is 11.8 Å². The molecule has 0 saturated heterocycles. The number of fused-ring (bicyclic) bond motifs is 1. The third-order valence-electron chi connectivity index (χ3n) is 6.76. The number of carboxylic acid groups (broad SMARTS) is 1. The number of hydrogen-bond acceptors (Lipinski definition) is 4. The molecule has 2 fully saturated rings. The van der Waals surface area contributed by atoms with Gasteiger partial charge in [0.1, 0.15) is 0 Å². The highest BCUT2D eigenvalue weighted by Gasteiger charge is 2.34. The van der Waals surface area contributed by atoms with E-state index in [2.05, 4.69) is 11.4 Å². The lowest BCUT2D eigenvalue weighted by Crippen LogP contribution is -2.48. The maximum absolute atomic E-state index is 12.7. The van der Waals surface area contributed by atoms with Crippen LogP contribution in [0.1, 0.15) is 57.9 Å². The monoisotopic (exact) mass is 473 g/mol. The first-order valence-corrected chi connectivity index (χ1v) is 12.1. The summed E-state index contributed by atoms with van der Waals surface area (Å²) in [6, 6.07) is 7.52. The van der Waals surface area contributed by atoms with Crippen LogP contribution in [0.4, 0.5) is 10.1 Å². The SMILES string of the molecule is CC(C)(F)C(=O)O.NC(C(=O)N[C@H](/C=C/C(=O)N1CCc2ccccc21)C1CC1)C1CCCC1. The maximum Gasteiger partial charge on any atom is 0.340 e. The van der Waals surface area contributed by atoms with Crippen LogP contribution in [0.3, 0.4) is 0 Å². The zero-order valence-corrected chi connectivity index (χ0v) is 20.0. The molecule has 1 aromatic rings. The van der Waals surface area contributed by atoms with Crippen molar-refractivity contribution in [1.29, 1.82) is 0 Å². The average molecular weight is 474 g/mol. The van der Waals surface area contributed by atoms with Gasteiger partial charge in [0.05, 0.1) is 12.1 Å². The molecule has 2 atom stereocenters. The van der Waals surface area contributed by atoms with Crippen molar-refractivity contribution in [2.24, 2.45) is 17.6 Å². The number of halogens is 1. The van der Waals surface area contributed by atoms with Gasteiger partial charge in [-0.2, -0.15) is 0 Å². The Kier molecular flexibility index (Phi) is 8.47. The number of carbonyl (C=O) groups excluding carboxylic acids is 2. The van der Waals surface area contributed by atoms with Crippen molar-refractivity contribution in [3.63, 3.8) is 0 Å². The van der Waals surface area contributed by atoms with Gasteiger partial charge in [0, 0.05) is 18.3 Å². The first kappa shape index (κ1) is 25.9. The molecule has 2 aliphatic carbocycles. The number of nitrogens with zero attached hydrogens (tertiary/aromatic N) is 1. The number of hydrogen-bond donors (Lipinski definition) is 3. The van der Waals surface area contributed by atoms with E-state index < -0.39 is 17.7 Å². The van der Waals surface area contributed by atoms with E-state index in [9.17, 15) is 18.8 Å². The summed E-state index contributed by atoms with van der Waals surface area (Å²) in [6.45, 7) is 2.71. The molecule has 2 amide bonds. The van der Waals surface area contributed by atoms with E-state index >= 15 is 0 Å². The Bertz CT molecular complexity index is 917. The Balaban J connectivity index is 0.000000406. The lowest BCUT2D eigenvalue weighted by Gasteiger charge is -2.22. The minimum absolute atomic E-state index is 0.0139. The molecule has 8 heteroatoms. The molecule has 186 valence electrons. The fourth-order valence-electron chi connectivity index (χ4n) is 4.41. The van der Waals surface area contributed by atoms with Crippen molar-refractivity contribution in [3.8, 4) is 0 Å². The second-order valence-corrected chi connectivity index (χ2v) is 9.95. The quantitative estimate of drug-likeness (QED) is 0.526. The standard InChI is InChI=1S/C22H29N3O2.C4H7FO2/c23-21(17-6-1-2-7-17)22(27)24-18(15-9-10-15)11-12-20(26)25-14-13-16-5-3-4-8-19(16)25;1-4(2,5)3(6)7/h3-5,8,11-12,15,17-18,21H,1-2,6-7,9-10,13-14,23H2,(H,24,27);1-2H3,(H,6,7)/b12-11+;/t18-,21?;/m1./s1. The van der Waals surface area contributed by atoms with Crippen LogP contribution in [0.15, 0.2) is 36.4 Å². The first-order valence-electron chi connectivity index (χ1n) is 12.1.